The molecule has 0 radical (unpaired) electrons. The van der Waals surface area contributed by atoms with Crippen molar-refractivity contribution in [3.8, 4) is 0 Å². The molecule has 2 fully saturated rings. The molecule has 24 heavy (non-hydrogen) atoms. The Morgan fingerprint density at radius 3 is 2.71 bits per heavy atom. The number of anilines is 1. The molecule has 3 heterocycles. The first-order valence-corrected chi connectivity index (χ1v) is 9.51. The fourth-order valence-corrected chi connectivity index (χ4v) is 4.31. The first-order chi connectivity index (χ1) is 11.7. The Morgan fingerprint density at radius 1 is 1.29 bits per heavy atom. The smallest absolute Gasteiger partial charge is 0.261 e. The van der Waals surface area contributed by atoms with Crippen LogP contribution in [0.5, 0.6) is 0 Å². The van der Waals surface area contributed by atoms with Crippen molar-refractivity contribution in [2.24, 2.45) is 0 Å². The van der Waals surface area contributed by atoms with E-state index in [1.807, 2.05) is 6.92 Å². The van der Waals surface area contributed by atoms with Crippen LogP contribution in [-0.2, 0) is 0 Å². The summed E-state index contributed by atoms with van der Waals surface area (Å²) in [7, 11) is 0. The highest BCUT2D eigenvalue weighted by Gasteiger charge is 2.28. The zero-order valence-electron chi connectivity index (χ0n) is 14.2. The lowest BCUT2D eigenvalue weighted by atomic mass is 10.1. The number of carbonyl (C=O) groups is 1. The van der Waals surface area contributed by atoms with Crippen molar-refractivity contribution in [1.82, 2.24) is 20.2 Å². The molecule has 2 aromatic rings. The summed E-state index contributed by atoms with van der Waals surface area (Å²) in [6, 6.07) is 0.370. The quantitative estimate of drug-likeness (QED) is 0.919. The fraction of sp³-hybridized carbons (Fsp3) is 0.588. The molecule has 1 amide bonds. The van der Waals surface area contributed by atoms with Gasteiger partial charge in [-0.2, -0.15) is 0 Å². The highest BCUT2D eigenvalue weighted by Crippen LogP contribution is 2.35. The van der Waals surface area contributed by atoms with Crippen LogP contribution in [0.25, 0.3) is 10.2 Å². The minimum atomic E-state index is 0.0414. The van der Waals surface area contributed by atoms with Gasteiger partial charge in [-0.05, 0) is 31.9 Å². The predicted molar refractivity (Wildman–Crippen MR) is 97.0 cm³/mol. The molecule has 2 aliphatic rings. The summed E-state index contributed by atoms with van der Waals surface area (Å²) < 4.78 is 0. The number of aromatic nitrogens is 2. The Kier molecular flexibility index (Phi) is 4.14. The third-order valence-corrected chi connectivity index (χ3v) is 6.14. The number of hydrogen-bond acceptors (Lipinski definition) is 6. The number of likely N-dealkylation sites (N-methyl/N-ethyl adjacent to an activating group) is 1. The maximum atomic E-state index is 12.5. The van der Waals surface area contributed by atoms with E-state index in [-0.39, 0.29) is 5.91 Å². The number of carbonyl (C=O) groups excluding carboxylic acids is 1. The normalized spacial score (nSPS) is 19.0. The SMILES string of the molecule is CCN1CCN(c2ncnc3sc(C(=O)NC4CC4)c(C)c23)CC1. The molecule has 128 valence electrons. The number of aryl methyl sites for hydroxylation is 1. The Bertz CT molecular complexity index is 762. The summed E-state index contributed by atoms with van der Waals surface area (Å²) in [5, 5.41) is 4.14. The number of amides is 1. The minimum absolute atomic E-state index is 0.0414. The standard InChI is InChI=1S/C17H23N5OS/c1-3-21-6-8-22(9-7-21)15-13-11(2)14(16(23)20-12-4-5-12)24-17(13)19-10-18-15/h10,12H,3-9H2,1-2H3,(H,20,23). The van der Waals surface area contributed by atoms with Gasteiger partial charge in [-0.3, -0.25) is 4.79 Å². The minimum Gasteiger partial charge on any atom is -0.353 e. The summed E-state index contributed by atoms with van der Waals surface area (Å²) in [5.41, 5.74) is 1.02. The van der Waals surface area contributed by atoms with Crippen LogP contribution in [0.2, 0.25) is 0 Å². The Morgan fingerprint density at radius 2 is 2.04 bits per heavy atom. The average Bonchev–Trinajstić information content (AvgIpc) is 3.36. The average molecular weight is 345 g/mol. The Hall–Kier alpha value is -1.73. The molecule has 2 aromatic heterocycles. The van der Waals surface area contributed by atoms with Crippen molar-refractivity contribution in [3.63, 3.8) is 0 Å². The van der Waals surface area contributed by atoms with Crippen LogP contribution in [0.3, 0.4) is 0 Å². The molecule has 0 bridgehead atoms. The van der Waals surface area contributed by atoms with Crippen LogP contribution in [0.4, 0.5) is 5.82 Å². The molecule has 1 aliphatic carbocycles. The second kappa shape index (κ2) is 6.29. The second-order valence-corrected chi connectivity index (χ2v) is 7.60. The van der Waals surface area contributed by atoms with Gasteiger partial charge in [0, 0.05) is 32.2 Å². The maximum absolute atomic E-state index is 12.5. The van der Waals surface area contributed by atoms with E-state index >= 15 is 0 Å². The lowest BCUT2D eigenvalue weighted by Gasteiger charge is -2.35. The van der Waals surface area contributed by atoms with Crippen molar-refractivity contribution in [2.75, 3.05) is 37.6 Å². The van der Waals surface area contributed by atoms with E-state index in [2.05, 4.69) is 32.0 Å². The highest BCUT2D eigenvalue weighted by atomic mass is 32.1. The third-order valence-electron chi connectivity index (χ3n) is 4.94. The van der Waals surface area contributed by atoms with Crippen LogP contribution in [-0.4, -0.2) is 59.5 Å². The summed E-state index contributed by atoms with van der Waals surface area (Å²) in [6.45, 7) is 9.37. The molecule has 0 aromatic carbocycles. The summed E-state index contributed by atoms with van der Waals surface area (Å²) in [5.74, 6) is 1.02. The maximum Gasteiger partial charge on any atom is 0.261 e. The number of thiophene rings is 1. The number of nitrogens with zero attached hydrogens (tertiary/aromatic N) is 4. The lowest BCUT2D eigenvalue weighted by molar-refractivity contribution is 0.0954. The molecular weight excluding hydrogens is 322 g/mol. The van der Waals surface area contributed by atoms with Crippen molar-refractivity contribution in [1.29, 1.82) is 0 Å². The topological polar surface area (TPSA) is 61.4 Å². The monoisotopic (exact) mass is 345 g/mol. The van der Waals surface area contributed by atoms with Gasteiger partial charge < -0.3 is 15.1 Å². The molecule has 0 unspecified atom stereocenters. The van der Waals surface area contributed by atoms with E-state index in [1.165, 1.54) is 11.3 Å². The van der Waals surface area contributed by atoms with E-state index in [1.54, 1.807) is 6.33 Å². The van der Waals surface area contributed by atoms with Crippen molar-refractivity contribution in [2.45, 2.75) is 32.7 Å². The first-order valence-electron chi connectivity index (χ1n) is 8.69. The van der Waals surface area contributed by atoms with E-state index in [4.69, 9.17) is 0 Å². The molecule has 0 spiro atoms. The van der Waals surface area contributed by atoms with Crippen LogP contribution in [0.1, 0.15) is 35.0 Å². The lowest BCUT2D eigenvalue weighted by Crippen LogP contribution is -2.46. The number of piperazine rings is 1. The van der Waals surface area contributed by atoms with Gasteiger partial charge in [0.1, 0.15) is 17.0 Å². The van der Waals surface area contributed by atoms with E-state index < -0.39 is 0 Å². The van der Waals surface area contributed by atoms with Gasteiger partial charge in [0.15, 0.2) is 0 Å². The van der Waals surface area contributed by atoms with E-state index in [0.29, 0.717) is 6.04 Å². The van der Waals surface area contributed by atoms with Gasteiger partial charge in [0.2, 0.25) is 0 Å². The fourth-order valence-electron chi connectivity index (χ4n) is 3.26. The number of hydrogen-bond donors (Lipinski definition) is 1. The molecule has 1 saturated carbocycles. The molecule has 1 saturated heterocycles. The molecule has 6 nitrogen and oxygen atoms in total. The largest absolute Gasteiger partial charge is 0.353 e. The van der Waals surface area contributed by atoms with E-state index in [9.17, 15) is 4.79 Å². The van der Waals surface area contributed by atoms with E-state index in [0.717, 1.165) is 72.0 Å². The van der Waals surface area contributed by atoms with Gasteiger partial charge in [-0.25, -0.2) is 9.97 Å². The van der Waals surface area contributed by atoms with Crippen molar-refractivity contribution >= 4 is 33.3 Å². The molecule has 0 atom stereocenters. The van der Waals surface area contributed by atoms with Gasteiger partial charge in [0.25, 0.3) is 5.91 Å². The zero-order valence-corrected chi connectivity index (χ0v) is 15.0. The Balaban J connectivity index is 1.66. The van der Waals surface area contributed by atoms with Gasteiger partial charge >= 0.3 is 0 Å². The molecule has 1 N–H and O–H groups in total. The van der Waals surface area contributed by atoms with Crippen LogP contribution < -0.4 is 10.2 Å². The number of rotatable bonds is 4. The Labute approximate surface area is 145 Å². The highest BCUT2D eigenvalue weighted by molar-refractivity contribution is 7.20. The predicted octanol–water partition coefficient (Wildman–Crippen LogP) is 2.03. The van der Waals surface area contributed by atoms with Crippen molar-refractivity contribution in [3.05, 3.63) is 16.8 Å². The number of nitrogens with one attached hydrogen (secondary N) is 1. The second-order valence-electron chi connectivity index (χ2n) is 6.60. The summed E-state index contributed by atoms with van der Waals surface area (Å²) >= 11 is 1.48. The van der Waals surface area contributed by atoms with Crippen molar-refractivity contribution < 1.29 is 4.79 Å². The summed E-state index contributed by atoms with van der Waals surface area (Å²) in [6.07, 6.45) is 3.83. The number of fused-ring (bicyclic) bond motifs is 1. The van der Waals surface area contributed by atoms with Crippen LogP contribution >= 0.6 is 11.3 Å². The third kappa shape index (κ3) is 2.86. The van der Waals surface area contributed by atoms with Gasteiger partial charge in [-0.1, -0.05) is 6.92 Å². The zero-order chi connectivity index (χ0) is 16.7. The van der Waals surface area contributed by atoms with Gasteiger partial charge in [0.05, 0.1) is 10.3 Å². The first kappa shape index (κ1) is 15.8. The summed E-state index contributed by atoms with van der Waals surface area (Å²) in [4.78, 5) is 27.9. The van der Waals surface area contributed by atoms with Crippen LogP contribution in [0.15, 0.2) is 6.33 Å². The van der Waals surface area contributed by atoms with Crippen LogP contribution in [0, 0.1) is 6.92 Å². The molecular formula is C17H23N5OS. The molecule has 7 heteroatoms. The molecule has 1 aliphatic heterocycles. The van der Waals surface area contributed by atoms with Gasteiger partial charge in [-0.15, -0.1) is 11.3 Å². The molecule has 4 rings (SSSR count).